The van der Waals surface area contributed by atoms with E-state index in [1.54, 1.807) is 4.68 Å². The standard InChI is InChI=1S/C10H18N4/c1-6(2)8-9-7(4-5-12-8)10(11)14(3)13-9/h6,8,12H,4-5,11H2,1-3H3. The Morgan fingerprint density at radius 3 is 2.93 bits per heavy atom. The fraction of sp³-hybridized carbons (Fsp3) is 0.700. The van der Waals surface area contributed by atoms with Crippen molar-refractivity contribution in [1.82, 2.24) is 15.1 Å². The van der Waals surface area contributed by atoms with Gasteiger partial charge in [0.1, 0.15) is 5.82 Å². The summed E-state index contributed by atoms with van der Waals surface area (Å²) in [6, 6.07) is 0.363. The minimum Gasteiger partial charge on any atom is -0.384 e. The SMILES string of the molecule is CC(C)C1NCCc2c1nn(C)c2N. The van der Waals surface area contributed by atoms with Crippen LogP contribution in [0.2, 0.25) is 0 Å². The van der Waals surface area contributed by atoms with Crippen molar-refractivity contribution in [2.24, 2.45) is 13.0 Å². The van der Waals surface area contributed by atoms with Crippen LogP contribution in [0.1, 0.15) is 31.1 Å². The van der Waals surface area contributed by atoms with Gasteiger partial charge in [-0.1, -0.05) is 13.8 Å². The molecule has 0 saturated carbocycles. The summed E-state index contributed by atoms with van der Waals surface area (Å²) < 4.78 is 1.78. The Morgan fingerprint density at radius 1 is 1.57 bits per heavy atom. The second kappa shape index (κ2) is 3.28. The average Bonchev–Trinajstić information content (AvgIpc) is 2.43. The van der Waals surface area contributed by atoms with Crippen LogP contribution >= 0.6 is 0 Å². The Morgan fingerprint density at radius 2 is 2.29 bits per heavy atom. The quantitative estimate of drug-likeness (QED) is 0.696. The van der Waals surface area contributed by atoms with Gasteiger partial charge >= 0.3 is 0 Å². The van der Waals surface area contributed by atoms with Crippen molar-refractivity contribution >= 4 is 5.82 Å². The number of rotatable bonds is 1. The first-order valence-corrected chi connectivity index (χ1v) is 5.16. The molecule has 4 nitrogen and oxygen atoms in total. The third-order valence-corrected chi connectivity index (χ3v) is 2.93. The van der Waals surface area contributed by atoms with Crippen LogP contribution in [0.4, 0.5) is 5.82 Å². The molecule has 0 fully saturated rings. The van der Waals surface area contributed by atoms with E-state index in [1.165, 1.54) is 5.56 Å². The molecule has 78 valence electrons. The van der Waals surface area contributed by atoms with Gasteiger partial charge in [-0.25, -0.2) is 0 Å². The van der Waals surface area contributed by atoms with E-state index in [1.807, 2.05) is 7.05 Å². The lowest BCUT2D eigenvalue weighted by Gasteiger charge is -2.25. The van der Waals surface area contributed by atoms with E-state index < -0.39 is 0 Å². The molecule has 2 rings (SSSR count). The summed E-state index contributed by atoms with van der Waals surface area (Å²) in [5.74, 6) is 1.38. The van der Waals surface area contributed by atoms with E-state index in [-0.39, 0.29) is 0 Å². The Kier molecular flexibility index (Phi) is 2.23. The smallest absolute Gasteiger partial charge is 0.124 e. The van der Waals surface area contributed by atoms with Gasteiger partial charge in [-0.3, -0.25) is 4.68 Å². The molecule has 0 spiro atoms. The first kappa shape index (κ1) is 9.52. The Hall–Kier alpha value is -1.03. The van der Waals surface area contributed by atoms with Crippen LogP contribution in [0.15, 0.2) is 0 Å². The molecule has 2 heterocycles. The number of nitrogen functional groups attached to an aromatic ring is 1. The highest BCUT2D eigenvalue weighted by Crippen LogP contribution is 2.30. The van der Waals surface area contributed by atoms with Gasteiger partial charge in [-0.15, -0.1) is 0 Å². The summed E-state index contributed by atoms with van der Waals surface area (Å²) in [5.41, 5.74) is 8.34. The largest absolute Gasteiger partial charge is 0.384 e. The fourth-order valence-electron chi connectivity index (χ4n) is 2.11. The zero-order valence-electron chi connectivity index (χ0n) is 9.04. The second-order valence-electron chi connectivity index (χ2n) is 4.30. The van der Waals surface area contributed by atoms with Crippen molar-refractivity contribution in [3.8, 4) is 0 Å². The third kappa shape index (κ3) is 1.30. The van der Waals surface area contributed by atoms with Gasteiger partial charge in [0.05, 0.1) is 11.7 Å². The fourth-order valence-corrected chi connectivity index (χ4v) is 2.11. The number of aryl methyl sites for hydroxylation is 1. The molecule has 1 aliphatic rings. The van der Waals surface area contributed by atoms with Gasteiger partial charge in [0.2, 0.25) is 0 Å². The second-order valence-corrected chi connectivity index (χ2v) is 4.30. The number of nitrogens with two attached hydrogens (primary N) is 1. The van der Waals surface area contributed by atoms with E-state index in [4.69, 9.17) is 5.73 Å². The van der Waals surface area contributed by atoms with E-state index in [2.05, 4.69) is 24.3 Å². The zero-order valence-corrected chi connectivity index (χ0v) is 9.04. The molecule has 0 radical (unpaired) electrons. The highest BCUT2D eigenvalue weighted by molar-refractivity contribution is 5.46. The molecule has 0 aliphatic carbocycles. The van der Waals surface area contributed by atoms with Crippen LogP contribution in [0, 0.1) is 5.92 Å². The monoisotopic (exact) mass is 194 g/mol. The molecule has 1 atom stereocenters. The van der Waals surface area contributed by atoms with E-state index in [0.29, 0.717) is 12.0 Å². The van der Waals surface area contributed by atoms with E-state index >= 15 is 0 Å². The molecule has 1 aromatic heterocycles. The first-order chi connectivity index (χ1) is 6.61. The van der Waals surface area contributed by atoms with Gasteiger partial charge < -0.3 is 11.1 Å². The number of nitrogens with zero attached hydrogens (tertiary/aromatic N) is 2. The summed E-state index contributed by atoms with van der Waals surface area (Å²) >= 11 is 0. The molecule has 1 unspecified atom stereocenters. The maximum atomic E-state index is 5.96. The minimum atomic E-state index is 0.363. The predicted molar refractivity (Wildman–Crippen MR) is 56.9 cm³/mol. The topological polar surface area (TPSA) is 55.9 Å². The molecule has 0 saturated heterocycles. The maximum absolute atomic E-state index is 5.96. The molecular weight excluding hydrogens is 176 g/mol. The van der Waals surface area contributed by atoms with Crippen LogP contribution in [0.25, 0.3) is 0 Å². The van der Waals surface area contributed by atoms with Crippen molar-refractivity contribution in [2.45, 2.75) is 26.3 Å². The molecule has 0 bridgehead atoms. The highest BCUT2D eigenvalue weighted by Gasteiger charge is 2.27. The molecule has 1 aliphatic heterocycles. The summed E-state index contributed by atoms with van der Waals surface area (Å²) in [5, 5.41) is 7.97. The molecule has 0 amide bonds. The van der Waals surface area contributed by atoms with Crippen molar-refractivity contribution in [1.29, 1.82) is 0 Å². The van der Waals surface area contributed by atoms with Crippen LogP contribution < -0.4 is 11.1 Å². The van der Waals surface area contributed by atoms with Crippen molar-refractivity contribution in [2.75, 3.05) is 12.3 Å². The Balaban J connectivity index is 2.45. The lowest BCUT2D eigenvalue weighted by molar-refractivity contribution is 0.385. The minimum absolute atomic E-state index is 0.363. The predicted octanol–water partition coefficient (Wildman–Crippen LogP) is 0.845. The lowest BCUT2D eigenvalue weighted by atomic mass is 9.93. The van der Waals surface area contributed by atoms with Crippen LogP contribution in [0.3, 0.4) is 0 Å². The number of nitrogens with one attached hydrogen (secondary N) is 1. The Labute approximate surface area is 84.5 Å². The van der Waals surface area contributed by atoms with Gasteiger partial charge in [-0.2, -0.15) is 5.10 Å². The summed E-state index contributed by atoms with van der Waals surface area (Å²) in [7, 11) is 1.91. The number of hydrogen-bond donors (Lipinski definition) is 2. The van der Waals surface area contributed by atoms with Gasteiger partial charge in [0.15, 0.2) is 0 Å². The summed E-state index contributed by atoms with van der Waals surface area (Å²) in [6.07, 6.45) is 0.998. The van der Waals surface area contributed by atoms with Crippen LogP contribution in [0.5, 0.6) is 0 Å². The van der Waals surface area contributed by atoms with Crippen LogP contribution in [-0.4, -0.2) is 16.3 Å². The Bertz CT molecular complexity index is 340. The van der Waals surface area contributed by atoms with Crippen molar-refractivity contribution in [3.63, 3.8) is 0 Å². The van der Waals surface area contributed by atoms with Gasteiger partial charge in [-0.05, 0) is 12.3 Å². The molecule has 0 aromatic carbocycles. The van der Waals surface area contributed by atoms with E-state index in [0.717, 1.165) is 24.5 Å². The number of anilines is 1. The van der Waals surface area contributed by atoms with E-state index in [9.17, 15) is 0 Å². The van der Waals surface area contributed by atoms with Gasteiger partial charge in [0, 0.05) is 19.2 Å². The summed E-state index contributed by atoms with van der Waals surface area (Å²) in [6.45, 7) is 5.42. The molecule has 4 heteroatoms. The molecular formula is C10H18N4. The lowest BCUT2D eigenvalue weighted by Crippen LogP contribution is -2.33. The van der Waals surface area contributed by atoms with Gasteiger partial charge in [0.25, 0.3) is 0 Å². The van der Waals surface area contributed by atoms with Crippen LogP contribution in [-0.2, 0) is 13.5 Å². The highest BCUT2D eigenvalue weighted by atomic mass is 15.3. The van der Waals surface area contributed by atoms with Crippen molar-refractivity contribution < 1.29 is 0 Å². The number of aromatic nitrogens is 2. The summed E-state index contributed by atoms with van der Waals surface area (Å²) in [4.78, 5) is 0. The number of fused-ring (bicyclic) bond motifs is 1. The normalized spacial score (nSPS) is 21.3. The zero-order chi connectivity index (χ0) is 10.3. The average molecular weight is 194 g/mol. The number of hydrogen-bond acceptors (Lipinski definition) is 3. The molecule has 3 N–H and O–H groups in total. The maximum Gasteiger partial charge on any atom is 0.124 e. The molecule has 14 heavy (non-hydrogen) atoms. The molecule has 1 aromatic rings. The first-order valence-electron chi connectivity index (χ1n) is 5.16. The van der Waals surface area contributed by atoms with Crippen molar-refractivity contribution in [3.05, 3.63) is 11.3 Å². The third-order valence-electron chi connectivity index (χ3n) is 2.93.